The van der Waals surface area contributed by atoms with Crippen molar-refractivity contribution in [3.8, 4) is 0 Å². The highest BCUT2D eigenvalue weighted by molar-refractivity contribution is 5.75. The molecule has 0 bridgehead atoms. The standard InChI is InChI=1S/C20H38N4O5/c1-19(2,3)28-17(26)23-13-10-15(11-14-23)24(18(27)29-20(4,5)6)12-8-7-9-16(25)22-21/h15H,7-14,21H2,1-6H3,(H,22,25). The summed E-state index contributed by atoms with van der Waals surface area (Å²) >= 11 is 0. The van der Waals surface area contributed by atoms with Crippen molar-refractivity contribution in [2.75, 3.05) is 19.6 Å². The minimum Gasteiger partial charge on any atom is -0.444 e. The third kappa shape index (κ3) is 9.83. The summed E-state index contributed by atoms with van der Waals surface area (Å²) in [6, 6.07) is -0.0214. The second-order valence-electron chi connectivity index (χ2n) is 9.40. The molecular weight excluding hydrogens is 376 g/mol. The number of rotatable bonds is 6. The fraction of sp³-hybridized carbons (Fsp3) is 0.850. The van der Waals surface area contributed by atoms with Gasteiger partial charge in [-0.15, -0.1) is 0 Å². The van der Waals surface area contributed by atoms with Gasteiger partial charge in [0.25, 0.3) is 0 Å². The van der Waals surface area contributed by atoms with Crippen LogP contribution in [0.5, 0.6) is 0 Å². The average molecular weight is 415 g/mol. The van der Waals surface area contributed by atoms with Gasteiger partial charge < -0.3 is 19.3 Å². The van der Waals surface area contributed by atoms with Crippen molar-refractivity contribution >= 4 is 18.1 Å². The van der Waals surface area contributed by atoms with Crippen molar-refractivity contribution in [3.63, 3.8) is 0 Å². The molecule has 9 heteroatoms. The number of ether oxygens (including phenoxy) is 2. The topological polar surface area (TPSA) is 114 Å². The molecule has 0 aromatic rings. The lowest BCUT2D eigenvalue weighted by Gasteiger charge is -2.39. The lowest BCUT2D eigenvalue weighted by atomic mass is 10.0. The number of piperidine rings is 1. The monoisotopic (exact) mass is 414 g/mol. The Hall–Kier alpha value is -2.03. The van der Waals surface area contributed by atoms with E-state index in [1.807, 2.05) is 41.5 Å². The van der Waals surface area contributed by atoms with E-state index in [-0.39, 0.29) is 24.1 Å². The van der Waals surface area contributed by atoms with Gasteiger partial charge >= 0.3 is 12.2 Å². The van der Waals surface area contributed by atoms with Crippen molar-refractivity contribution in [1.29, 1.82) is 0 Å². The number of amides is 3. The zero-order chi connectivity index (χ0) is 22.2. The van der Waals surface area contributed by atoms with E-state index < -0.39 is 11.2 Å². The molecule has 3 N–H and O–H groups in total. The predicted molar refractivity (Wildman–Crippen MR) is 110 cm³/mol. The molecule has 1 saturated heterocycles. The summed E-state index contributed by atoms with van der Waals surface area (Å²) in [4.78, 5) is 39.7. The van der Waals surface area contributed by atoms with Gasteiger partial charge in [-0.1, -0.05) is 0 Å². The lowest BCUT2D eigenvalue weighted by molar-refractivity contribution is -0.121. The van der Waals surface area contributed by atoms with Gasteiger partial charge in [-0.3, -0.25) is 10.2 Å². The first kappa shape index (κ1) is 25.0. The number of nitrogens with one attached hydrogen (secondary N) is 1. The van der Waals surface area contributed by atoms with Crippen molar-refractivity contribution < 1.29 is 23.9 Å². The van der Waals surface area contributed by atoms with Crippen LogP contribution in [0.2, 0.25) is 0 Å². The van der Waals surface area contributed by atoms with Gasteiger partial charge in [-0.05, 0) is 67.2 Å². The second-order valence-corrected chi connectivity index (χ2v) is 9.40. The quantitative estimate of drug-likeness (QED) is 0.299. The molecule has 0 atom stereocenters. The molecule has 0 saturated carbocycles. The largest absolute Gasteiger partial charge is 0.444 e. The summed E-state index contributed by atoms with van der Waals surface area (Å²) in [5, 5.41) is 0. The van der Waals surface area contributed by atoms with Crippen LogP contribution in [0.4, 0.5) is 9.59 Å². The zero-order valence-corrected chi connectivity index (χ0v) is 18.7. The Kier molecular flexibility index (Phi) is 9.19. The molecule has 0 aliphatic carbocycles. The highest BCUT2D eigenvalue weighted by Crippen LogP contribution is 2.22. The Morgan fingerprint density at radius 3 is 2.03 bits per heavy atom. The summed E-state index contributed by atoms with van der Waals surface area (Å²) in [7, 11) is 0. The van der Waals surface area contributed by atoms with Gasteiger partial charge in [0.1, 0.15) is 11.2 Å². The molecule has 168 valence electrons. The molecule has 0 aromatic heterocycles. The van der Waals surface area contributed by atoms with Gasteiger partial charge in [0.15, 0.2) is 0 Å². The maximum atomic E-state index is 12.7. The Morgan fingerprint density at radius 1 is 1.00 bits per heavy atom. The molecule has 0 unspecified atom stereocenters. The summed E-state index contributed by atoms with van der Waals surface area (Å²) < 4.78 is 11.0. The first-order chi connectivity index (χ1) is 13.3. The van der Waals surface area contributed by atoms with E-state index in [1.165, 1.54) is 0 Å². The van der Waals surface area contributed by atoms with Gasteiger partial charge in [0.2, 0.25) is 5.91 Å². The fourth-order valence-corrected chi connectivity index (χ4v) is 3.07. The number of carbonyl (C=O) groups is 3. The number of hydrogen-bond acceptors (Lipinski definition) is 6. The molecule has 1 aliphatic rings. The van der Waals surface area contributed by atoms with E-state index in [1.54, 1.807) is 9.80 Å². The van der Waals surface area contributed by atoms with E-state index in [0.717, 1.165) is 0 Å². The Bertz CT molecular complexity index is 560. The Morgan fingerprint density at radius 2 is 1.55 bits per heavy atom. The maximum absolute atomic E-state index is 12.7. The SMILES string of the molecule is CC(C)(C)OC(=O)N1CCC(N(CCCCC(=O)NN)C(=O)OC(C)(C)C)CC1. The fourth-order valence-electron chi connectivity index (χ4n) is 3.07. The smallest absolute Gasteiger partial charge is 0.410 e. The second kappa shape index (κ2) is 10.7. The number of unbranched alkanes of at least 4 members (excludes halogenated alkanes) is 1. The molecule has 1 rings (SSSR count). The van der Waals surface area contributed by atoms with E-state index in [2.05, 4.69) is 5.43 Å². The first-order valence-corrected chi connectivity index (χ1v) is 10.3. The number of likely N-dealkylation sites (tertiary alicyclic amines) is 1. The lowest BCUT2D eigenvalue weighted by Crippen LogP contribution is -2.51. The molecule has 29 heavy (non-hydrogen) atoms. The van der Waals surface area contributed by atoms with Crippen LogP contribution in [0.15, 0.2) is 0 Å². The highest BCUT2D eigenvalue weighted by Gasteiger charge is 2.33. The van der Waals surface area contributed by atoms with Crippen molar-refractivity contribution in [2.45, 2.75) is 90.9 Å². The van der Waals surface area contributed by atoms with Crippen LogP contribution in [-0.4, -0.2) is 64.8 Å². The predicted octanol–water partition coefficient (Wildman–Crippen LogP) is 2.78. The van der Waals surface area contributed by atoms with Crippen molar-refractivity contribution in [1.82, 2.24) is 15.2 Å². The van der Waals surface area contributed by atoms with Crippen LogP contribution in [-0.2, 0) is 14.3 Å². The molecule has 0 spiro atoms. The number of nitrogens with zero attached hydrogens (tertiary/aromatic N) is 2. The van der Waals surface area contributed by atoms with Crippen LogP contribution < -0.4 is 11.3 Å². The highest BCUT2D eigenvalue weighted by atomic mass is 16.6. The van der Waals surface area contributed by atoms with Crippen LogP contribution >= 0.6 is 0 Å². The molecule has 3 amide bonds. The van der Waals surface area contributed by atoms with Gasteiger partial charge in [0, 0.05) is 32.1 Å². The minimum absolute atomic E-state index is 0.0214. The van der Waals surface area contributed by atoms with Gasteiger partial charge in [0.05, 0.1) is 0 Å². The normalized spacial score (nSPS) is 15.6. The third-order valence-electron chi connectivity index (χ3n) is 4.40. The van der Waals surface area contributed by atoms with E-state index in [4.69, 9.17) is 15.3 Å². The molecule has 9 nitrogen and oxygen atoms in total. The van der Waals surface area contributed by atoms with Crippen molar-refractivity contribution in [2.24, 2.45) is 5.84 Å². The average Bonchev–Trinajstić information content (AvgIpc) is 2.58. The summed E-state index contributed by atoms with van der Waals surface area (Å²) in [6.07, 6.45) is 2.22. The van der Waals surface area contributed by atoms with Gasteiger partial charge in [-0.2, -0.15) is 0 Å². The van der Waals surface area contributed by atoms with E-state index >= 15 is 0 Å². The molecule has 1 heterocycles. The van der Waals surface area contributed by atoms with Gasteiger partial charge in [-0.25, -0.2) is 15.4 Å². The molecular formula is C20H38N4O5. The minimum atomic E-state index is -0.591. The molecule has 1 aliphatic heterocycles. The Labute approximate surface area is 174 Å². The Balaban J connectivity index is 2.67. The van der Waals surface area contributed by atoms with Crippen LogP contribution in [0.1, 0.15) is 73.6 Å². The van der Waals surface area contributed by atoms with E-state index in [9.17, 15) is 14.4 Å². The number of hydrazine groups is 1. The number of carbonyl (C=O) groups excluding carboxylic acids is 3. The van der Waals surface area contributed by atoms with Crippen molar-refractivity contribution in [3.05, 3.63) is 0 Å². The molecule has 0 radical (unpaired) electrons. The first-order valence-electron chi connectivity index (χ1n) is 10.3. The van der Waals surface area contributed by atoms with Crippen LogP contribution in [0, 0.1) is 0 Å². The summed E-state index contributed by atoms with van der Waals surface area (Å²) in [6.45, 7) is 12.6. The molecule has 1 fully saturated rings. The third-order valence-corrected chi connectivity index (χ3v) is 4.40. The summed E-state index contributed by atoms with van der Waals surface area (Å²) in [5.41, 5.74) is 0.982. The molecule has 0 aromatic carbocycles. The zero-order valence-electron chi connectivity index (χ0n) is 18.7. The summed E-state index contributed by atoms with van der Waals surface area (Å²) in [5.74, 6) is 4.88. The van der Waals surface area contributed by atoms with E-state index in [0.29, 0.717) is 51.7 Å². The van der Waals surface area contributed by atoms with Crippen LogP contribution in [0.25, 0.3) is 0 Å². The van der Waals surface area contributed by atoms with Crippen LogP contribution in [0.3, 0.4) is 0 Å². The maximum Gasteiger partial charge on any atom is 0.410 e. The number of nitrogens with two attached hydrogens (primary N) is 1. The number of hydrogen-bond donors (Lipinski definition) is 2.